The molecule has 0 radical (unpaired) electrons. The van der Waals surface area contributed by atoms with Crippen LogP contribution in [0, 0.1) is 6.92 Å². The molecule has 0 heterocycles. The van der Waals surface area contributed by atoms with Gasteiger partial charge in [-0.15, -0.1) is 0 Å². The molecular weight excluding hydrogens is 368 g/mol. The van der Waals surface area contributed by atoms with Crippen molar-refractivity contribution in [3.8, 4) is 0 Å². The molecule has 2 aromatic carbocycles. The van der Waals surface area contributed by atoms with E-state index in [0.29, 0.717) is 5.11 Å². The summed E-state index contributed by atoms with van der Waals surface area (Å²) in [4.78, 5) is 2.00. The molecule has 0 amide bonds. The second-order valence-corrected chi connectivity index (χ2v) is 6.44. The topological polar surface area (TPSA) is 15.3 Å². The second kappa shape index (κ2) is 7.25. The molecule has 0 unspecified atom stereocenters. The zero-order valence-corrected chi connectivity index (χ0v) is 15.0. The highest BCUT2D eigenvalue weighted by atomic mass is 79.9. The number of nitrogens with one attached hydrogen (secondary N) is 1. The molecule has 0 aromatic heterocycles. The van der Waals surface area contributed by atoms with Gasteiger partial charge in [0.2, 0.25) is 0 Å². The molecule has 0 saturated heterocycles. The molecule has 2 rings (SSSR count). The number of rotatable bonds is 3. The number of hydrogen-bond donors (Lipinski definition) is 1. The van der Waals surface area contributed by atoms with Crippen molar-refractivity contribution in [1.29, 1.82) is 0 Å². The summed E-state index contributed by atoms with van der Waals surface area (Å²) in [7, 11) is 1.97. The molecule has 0 aliphatic carbocycles. The van der Waals surface area contributed by atoms with E-state index in [4.69, 9.17) is 23.8 Å². The van der Waals surface area contributed by atoms with E-state index in [1.165, 1.54) is 5.56 Å². The molecule has 2 nitrogen and oxygen atoms in total. The van der Waals surface area contributed by atoms with Crippen LogP contribution in [0.1, 0.15) is 11.1 Å². The van der Waals surface area contributed by atoms with Crippen molar-refractivity contribution < 1.29 is 0 Å². The van der Waals surface area contributed by atoms with E-state index in [1.807, 2.05) is 55.3 Å². The molecule has 0 aliphatic rings. The molecule has 0 bridgehead atoms. The van der Waals surface area contributed by atoms with Crippen LogP contribution in [0.25, 0.3) is 0 Å². The van der Waals surface area contributed by atoms with Crippen LogP contribution in [0.5, 0.6) is 0 Å². The van der Waals surface area contributed by atoms with Crippen LogP contribution in [0.2, 0.25) is 5.02 Å². The molecule has 1 N–H and O–H groups in total. The summed E-state index contributed by atoms with van der Waals surface area (Å²) >= 11 is 15.1. The lowest BCUT2D eigenvalue weighted by molar-refractivity contribution is 0.507. The first kappa shape index (κ1) is 16.3. The molecular formula is C16H16BrClN2S. The molecule has 0 fully saturated rings. The predicted octanol–water partition coefficient (Wildman–Crippen LogP) is 5.24. The smallest absolute Gasteiger partial charge is 0.173 e. The Morgan fingerprint density at radius 3 is 2.67 bits per heavy atom. The SMILES string of the molecule is Cc1c(Cl)cccc1NC(=S)N(C)Cc1ccccc1Br. The van der Waals surface area contributed by atoms with Gasteiger partial charge in [0.1, 0.15) is 0 Å². The lowest BCUT2D eigenvalue weighted by Gasteiger charge is -2.22. The molecule has 5 heteroatoms. The minimum absolute atomic E-state index is 0.663. The maximum absolute atomic E-state index is 6.12. The summed E-state index contributed by atoms with van der Waals surface area (Å²) in [5.74, 6) is 0. The first-order valence-corrected chi connectivity index (χ1v) is 8.07. The number of nitrogens with zero attached hydrogens (tertiary/aromatic N) is 1. The van der Waals surface area contributed by atoms with E-state index < -0.39 is 0 Å². The van der Waals surface area contributed by atoms with E-state index >= 15 is 0 Å². The largest absolute Gasteiger partial charge is 0.348 e. The summed E-state index contributed by atoms with van der Waals surface area (Å²) in [6, 6.07) is 13.9. The summed E-state index contributed by atoms with van der Waals surface area (Å²) in [5, 5.41) is 4.64. The Bertz CT molecular complexity index is 660. The third kappa shape index (κ3) is 4.19. The van der Waals surface area contributed by atoms with Crippen LogP contribution in [0.15, 0.2) is 46.9 Å². The van der Waals surface area contributed by atoms with Gasteiger partial charge >= 0.3 is 0 Å². The Labute approximate surface area is 144 Å². The van der Waals surface area contributed by atoms with Crippen molar-refractivity contribution in [3.63, 3.8) is 0 Å². The fourth-order valence-corrected chi connectivity index (χ4v) is 2.67. The van der Waals surface area contributed by atoms with Crippen molar-refractivity contribution >= 4 is 50.5 Å². The minimum Gasteiger partial charge on any atom is -0.348 e. The monoisotopic (exact) mass is 382 g/mol. The first-order chi connectivity index (χ1) is 9.99. The first-order valence-electron chi connectivity index (χ1n) is 6.49. The van der Waals surface area contributed by atoms with Gasteiger partial charge in [-0.25, -0.2) is 0 Å². The normalized spacial score (nSPS) is 10.3. The Kier molecular flexibility index (Phi) is 5.62. The third-order valence-corrected chi connectivity index (χ3v) is 4.82. The third-order valence-electron chi connectivity index (χ3n) is 3.22. The summed E-state index contributed by atoms with van der Waals surface area (Å²) in [6.45, 7) is 2.70. The number of hydrogen-bond acceptors (Lipinski definition) is 1. The minimum atomic E-state index is 0.663. The summed E-state index contributed by atoms with van der Waals surface area (Å²) in [5.41, 5.74) is 3.12. The fraction of sp³-hybridized carbons (Fsp3) is 0.188. The van der Waals surface area contributed by atoms with Gasteiger partial charge in [0, 0.05) is 28.8 Å². The number of thiocarbonyl (C=S) groups is 1. The van der Waals surface area contributed by atoms with Gasteiger partial charge in [-0.2, -0.15) is 0 Å². The van der Waals surface area contributed by atoms with Gasteiger partial charge < -0.3 is 10.2 Å². The molecule has 110 valence electrons. The fourth-order valence-electron chi connectivity index (χ4n) is 1.91. The summed E-state index contributed by atoms with van der Waals surface area (Å²) in [6.07, 6.45) is 0. The van der Waals surface area contributed by atoms with Gasteiger partial charge in [0.25, 0.3) is 0 Å². The molecule has 0 saturated carbocycles. The molecule has 0 atom stereocenters. The standard InChI is InChI=1S/C16H16BrClN2S/c1-11-14(18)8-5-9-15(11)19-16(21)20(2)10-12-6-3-4-7-13(12)17/h3-9H,10H2,1-2H3,(H,19,21). The Morgan fingerprint density at radius 1 is 1.24 bits per heavy atom. The average Bonchev–Trinajstić information content (AvgIpc) is 2.46. The van der Waals surface area contributed by atoms with Gasteiger partial charge in [-0.1, -0.05) is 51.8 Å². The molecule has 0 spiro atoms. The van der Waals surface area contributed by atoms with Gasteiger partial charge in [-0.3, -0.25) is 0 Å². The average molecular weight is 384 g/mol. The van der Waals surface area contributed by atoms with Crippen LogP contribution in [0.4, 0.5) is 5.69 Å². The number of anilines is 1. The van der Waals surface area contributed by atoms with Crippen molar-refractivity contribution in [3.05, 3.63) is 63.1 Å². The highest BCUT2D eigenvalue weighted by molar-refractivity contribution is 9.10. The molecule has 21 heavy (non-hydrogen) atoms. The second-order valence-electron chi connectivity index (χ2n) is 4.79. The highest BCUT2D eigenvalue weighted by Crippen LogP contribution is 2.23. The van der Waals surface area contributed by atoms with Crippen molar-refractivity contribution in [2.75, 3.05) is 12.4 Å². The number of benzene rings is 2. The van der Waals surface area contributed by atoms with E-state index in [2.05, 4.69) is 27.3 Å². The Hall–Kier alpha value is -1.10. The van der Waals surface area contributed by atoms with Crippen LogP contribution in [0.3, 0.4) is 0 Å². The van der Waals surface area contributed by atoms with Crippen molar-refractivity contribution in [2.24, 2.45) is 0 Å². The van der Waals surface area contributed by atoms with E-state index in [0.717, 1.165) is 27.3 Å². The van der Waals surface area contributed by atoms with E-state index in [1.54, 1.807) is 0 Å². The molecule has 2 aromatic rings. The Morgan fingerprint density at radius 2 is 1.95 bits per heavy atom. The van der Waals surface area contributed by atoms with E-state index in [9.17, 15) is 0 Å². The van der Waals surface area contributed by atoms with Gasteiger partial charge in [0.05, 0.1) is 0 Å². The molecule has 0 aliphatic heterocycles. The maximum Gasteiger partial charge on any atom is 0.173 e. The van der Waals surface area contributed by atoms with Crippen LogP contribution in [-0.2, 0) is 6.54 Å². The zero-order chi connectivity index (χ0) is 15.4. The van der Waals surface area contributed by atoms with E-state index in [-0.39, 0.29) is 0 Å². The van der Waals surface area contributed by atoms with Crippen molar-refractivity contribution in [1.82, 2.24) is 4.90 Å². The quantitative estimate of drug-likeness (QED) is 0.730. The van der Waals surface area contributed by atoms with Crippen LogP contribution >= 0.6 is 39.7 Å². The lowest BCUT2D eigenvalue weighted by Crippen LogP contribution is -2.30. The Balaban J connectivity index is 2.06. The number of halogens is 2. The van der Waals surface area contributed by atoms with Crippen LogP contribution in [-0.4, -0.2) is 17.1 Å². The highest BCUT2D eigenvalue weighted by Gasteiger charge is 2.09. The van der Waals surface area contributed by atoms with Gasteiger partial charge in [-0.05, 0) is 48.5 Å². The van der Waals surface area contributed by atoms with Gasteiger partial charge in [0.15, 0.2) is 5.11 Å². The predicted molar refractivity (Wildman–Crippen MR) is 98.0 cm³/mol. The maximum atomic E-state index is 6.12. The summed E-state index contributed by atoms with van der Waals surface area (Å²) < 4.78 is 1.08. The lowest BCUT2D eigenvalue weighted by atomic mass is 10.2. The van der Waals surface area contributed by atoms with Crippen molar-refractivity contribution in [2.45, 2.75) is 13.5 Å². The van der Waals surface area contributed by atoms with Crippen LogP contribution < -0.4 is 5.32 Å². The zero-order valence-electron chi connectivity index (χ0n) is 11.9.